The molecule has 0 aliphatic heterocycles. The molecular weight excluding hydrogens is 314 g/mol. The molecule has 0 spiro atoms. The van der Waals surface area contributed by atoms with E-state index in [9.17, 15) is 4.79 Å². The number of aliphatic hydroxyl groups excluding tert-OH is 2. The van der Waals surface area contributed by atoms with Crippen molar-refractivity contribution >= 4 is 17.5 Å². The van der Waals surface area contributed by atoms with E-state index in [0.717, 1.165) is 16.7 Å². The highest BCUT2D eigenvalue weighted by atomic mass is 35.5. The summed E-state index contributed by atoms with van der Waals surface area (Å²) in [5.74, 6) is -0.201. The van der Waals surface area contributed by atoms with E-state index >= 15 is 0 Å². The van der Waals surface area contributed by atoms with Crippen LogP contribution in [0.2, 0.25) is 5.02 Å². The van der Waals surface area contributed by atoms with Gasteiger partial charge in [0.25, 0.3) is 5.91 Å². The molecule has 0 radical (unpaired) electrons. The van der Waals surface area contributed by atoms with Gasteiger partial charge in [-0.3, -0.25) is 4.79 Å². The maximum atomic E-state index is 12.4. The Labute approximate surface area is 140 Å². The zero-order valence-corrected chi connectivity index (χ0v) is 13.8. The average Bonchev–Trinajstić information content (AvgIpc) is 2.54. The molecule has 0 saturated heterocycles. The third-order valence-electron chi connectivity index (χ3n) is 3.66. The van der Waals surface area contributed by atoms with E-state index in [2.05, 4.69) is 0 Å². The lowest BCUT2D eigenvalue weighted by molar-refractivity contribution is 0.0685. The van der Waals surface area contributed by atoms with Gasteiger partial charge in [-0.1, -0.05) is 29.8 Å². The van der Waals surface area contributed by atoms with Gasteiger partial charge < -0.3 is 15.1 Å². The molecule has 2 N–H and O–H groups in total. The lowest BCUT2D eigenvalue weighted by Gasteiger charge is -2.20. The number of hydrogen-bond acceptors (Lipinski definition) is 3. The molecule has 0 fully saturated rings. The summed E-state index contributed by atoms with van der Waals surface area (Å²) in [5, 5.41) is 18.7. The third-order valence-corrected chi connectivity index (χ3v) is 3.89. The molecule has 5 heteroatoms. The maximum Gasteiger partial charge on any atom is 0.254 e. The van der Waals surface area contributed by atoms with E-state index in [4.69, 9.17) is 21.8 Å². The molecule has 0 aliphatic rings. The number of carbonyl (C=O) groups is 1. The first-order chi connectivity index (χ1) is 11.1. The van der Waals surface area contributed by atoms with Gasteiger partial charge in [-0.25, -0.2) is 0 Å². The summed E-state index contributed by atoms with van der Waals surface area (Å²) in [6, 6.07) is 13.0. The predicted molar refractivity (Wildman–Crippen MR) is 91.7 cm³/mol. The molecule has 0 unspecified atom stereocenters. The van der Waals surface area contributed by atoms with Crippen molar-refractivity contribution in [3.63, 3.8) is 0 Å². The molecule has 2 rings (SSSR count). The van der Waals surface area contributed by atoms with E-state index < -0.39 is 0 Å². The van der Waals surface area contributed by atoms with Crippen molar-refractivity contribution in [1.29, 1.82) is 0 Å². The van der Waals surface area contributed by atoms with Crippen molar-refractivity contribution in [2.75, 3.05) is 26.3 Å². The standard InChI is InChI=1S/C18H20ClNO3/c1-13-12-16(19)6-7-17(13)14-2-4-15(5-3-14)18(23)20(8-10-21)9-11-22/h2-7,12,21-22H,8-11H2,1H3. The minimum atomic E-state index is -0.201. The smallest absolute Gasteiger partial charge is 0.254 e. The largest absolute Gasteiger partial charge is 0.395 e. The Hall–Kier alpha value is -1.88. The van der Waals surface area contributed by atoms with Crippen LogP contribution in [-0.2, 0) is 0 Å². The highest BCUT2D eigenvalue weighted by molar-refractivity contribution is 6.30. The molecule has 122 valence electrons. The number of aliphatic hydroxyl groups is 2. The summed E-state index contributed by atoms with van der Waals surface area (Å²) >= 11 is 5.97. The Morgan fingerprint density at radius 2 is 1.65 bits per heavy atom. The van der Waals surface area contributed by atoms with Crippen LogP contribution in [0.5, 0.6) is 0 Å². The van der Waals surface area contributed by atoms with Crippen molar-refractivity contribution in [2.24, 2.45) is 0 Å². The molecular formula is C18H20ClNO3. The van der Waals surface area contributed by atoms with E-state index in [1.54, 1.807) is 12.1 Å². The third kappa shape index (κ3) is 4.32. The number of aryl methyl sites for hydroxylation is 1. The zero-order chi connectivity index (χ0) is 16.8. The Balaban J connectivity index is 2.23. The second kappa shape index (κ2) is 8.11. The highest BCUT2D eigenvalue weighted by Gasteiger charge is 2.15. The van der Waals surface area contributed by atoms with E-state index in [1.165, 1.54) is 4.90 Å². The second-order valence-corrected chi connectivity index (χ2v) is 5.71. The number of hydrogen-bond donors (Lipinski definition) is 2. The monoisotopic (exact) mass is 333 g/mol. The number of carbonyl (C=O) groups excluding carboxylic acids is 1. The van der Waals surface area contributed by atoms with Gasteiger partial charge in [0.1, 0.15) is 0 Å². The highest BCUT2D eigenvalue weighted by Crippen LogP contribution is 2.26. The Morgan fingerprint density at radius 3 is 2.17 bits per heavy atom. The molecule has 0 saturated carbocycles. The maximum absolute atomic E-state index is 12.4. The normalized spacial score (nSPS) is 10.6. The van der Waals surface area contributed by atoms with E-state index in [0.29, 0.717) is 10.6 Å². The molecule has 23 heavy (non-hydrogen) atoms. The number of nitrogens with zero attached hydrogens (tertiary/aromatic N) is 1. The first-order valence-electron chi connectivity index (χ1n) is 7.44. The summed E-state index contributed by atoms with van der Waals surface area (Å²) in [5.41, 5.74) is 3.67. The van der Waals surface area contributed by atoms with Crippen LogP contribution in [-0.4, -0.2) is 47.3 Å². The Morgan fingerprint density at radius 1 is 1.04 bits per heavy atom. The molecule has 2 aromatic carbocycles. The van der Waals surface area contributed by atoms with Gasteiger partial charge in [0.2, 0.25) is 0 Å². The van der Waals surface area contributed by atoms with Crippen molar-refractivity contribution in [1.82, 2.24) is 4.90 Å². The number of rotatable bonds is 6. The van der Waals surface area contributed by atoms with Gasteiger partial charge in [-0.2, -0.15) is 0 Å². The lowest BCUT2D eigenvalue weighted by atomic mass is 9.99. The molecule has 0 heterocycles. The fraction of sp³-hybridized carbons (Fsp3) is 0.278. The van der Waals surface area contributed by atoms with Crippen LogP contribution in [0.15, 0.2) is 42.5 Å². The van der Waals surface area contributed by atoms with Crippen LogP contribution < -0.4 is 0 Å². The van der Waals surface area contributed by atoms with Gasteiger partial charge in [0.15, 0.2) is 0 Å². The first kappa shape index (κ1) is 17.5. The average molecular weight is 334 g/mol. The zero-order valence-electron chi connectivity index (χ0n) is 13.0. The quantitative estimate of drug-likeness (QED) is 0.854. The van der Waals surface area contributed by atoms with Crippen molar-refractivity contribution in [3.05, 3.63) is 58.6 Å². The van der Waals surface area contributed by atoms with Gasteiger partial charge in [-0.15, -0.1) is 0 Å². The summed E-state index contributed by atoms with van der Waals surface area (Å²) in [4.78, 5) is 13.8. The first-order valence-corrected chi connectivity index (χ1v) is 7.82. The summed E-state index contributed by atoms with van der Waals surface area (Å²) < 4.78 is 0. The summed E-state index contributed by atoms with van der Waals surface area (Å²) in [6.45, 7) is 2.14. The molecule has 0 aliphatic carbocycles. The molecule has 2 aromatic rings. The fourth-order valence-electron chi connectivity index (χ4n) is 2.48. The van der Waals surface area contributed by atoms with E-state index in [1.807, 2.05) is 37.3 Å². The molecule has 0 aromatic heterocycles. The van der Waals surface area contributed by atoms with Crippen LogP contribution in [0.1, 0.15) is 15.9 Å². The molecule has 4 nitrogen and oxygen atoms in total. The number of benzene rings is 2. The van der Waals surface area contributed by atoms with Gasteiger partial charge >= 0.3 is 0 Å². The Bertz CT molecular complexity index is 664. The van der Waals surface area contributed by atoms with Gasteiger partial charge in [0.05, 0.1) is 13.2 Å². The van der Waals surface area contributed by atoms with Crippen LogP contribution in [0.3, 0.4) is 0 Å². The van der Waals surface area contributed by atoms with E-state index in [-0.39, 0.29) is 32.2 Å². The van der Waals surface area contributed by atoms with Crippen LogP contribution in [0, 0.1) is 6.92 Å². The van der Waals surface area contributed by atoms with Crippen LogP contribution >= 0.6 is 11.6 Å². The van der Waals surface area contributed by atoms with Gasteiger partial charge in [-0.05, 0) is 47.9 Å². The second-order valence-electron chi connectivity index (χ2n) is 5.28. The SMILES string of the molecule is Cc1cc(Cl)ccc1-c1ccc(C(=O)N(CCO)CCO)cc1. The summed E-state index contributed by atoms with van der Waals surface area (Å²) in [7, 11) is 0. The molecule has 0 bridgehead atoms. The minimum absolute atomic E-state index is 0.131. The lowest BCUT2D eigenvalue weighted by Crippen LogP contribution is -2.35. The molecule has 1 amide bonds. The topological polar surface area (TPSA) is 60.8 Å². The minimum Gasteiger partial charge on any atom is -0.395 e. The van der Waals surface area contributed by atoms with Crippen molar-refractivity contribution < 1.29 is 15.0 Å². The Kier molecular flexibility index (Phi) is 6.16. The van der Waals surface area contributed by atoms with Crippen molar-refractivity contribution in [3.8, 4) is 11.1 Å². The number of amides is 1. The van der Waals surface area contributed by atoms with Crippen molar-refractivity contribution in [2.45, 2.75) is 6.92 Å². The fourth-order valence-corrected chi connectivity index (χ4v) is 2.71. The van der Waals surface area contributed by atoms with Crippen LogP contribution in [0.25, 0.3) is 11.1 Å². The predicted octanol–water partition coefficient (Wildman–Crippen LogP) is 2.74. The van der Waals surface area contributed by atoms with Gasteiger partial charge in [0, 0.05) is 23.7 Å². The summed E-state index contributed by atoms with van der Waals surface area (Å²) in [6.07, 6.45) is 0. The number of halogens is 1. The van der Waals surface area contributed by atoms with Crippen LogP contribution in [0.4, 0.5) is 0 Å². The molecule has 0 atom stereocenters.